The van der Waals surface area contributed by atoms with Crippen LogP contribution in [0, 0.1) is 6.92 Å². The molecule has 0 aromatic carbocycles. The van der Waals surface area contributed by atoms with E-state index in [1.807, 2.05) is 0 Å². The van der Waals surface area contributed by atoms with Crippen molar-refractivity contribution in [3.63, 3.8) is 0 Å². The second-order valence-electron chi connectivity index (χ2n) is 0.644. The first kappa shape index (κ1) is 15.8. The van der Waals surface area contributed by atoms with Crippen LogP contribution in [0.15, 0.2) is 0 Å². The first-order valence-electron chi connectivity index (χ1n) is 1.28. The Balaban J connectivity index is -0.0000000800. The molecule has 7 heavy (non-hydrogen) atoms. The molecule has 0 aromatic rings. The number of rotatable bonds is 1. The number of hydrogen-bond donors (Lipinski definition) is 1. The van der Waals surface area contributed by atoms with Crippen molar-refractivity contribution in [2.45, 2.75) is 6.42 Å². The summed E-state index contributed by atoms with van der Waals surface area (Å²) in [5.41, 5.74) is 0. The van der Waals surface area contributed by atoms with Gasteiger partial charge in [0.2, 0.25) is 0 Å². The molecule has 0 aromatic heterocycles. The van der Waals surface area contributed by atoms with E-state index in [0.717, 1.165) is 0 Å². The van der Waals surface area contributed by atoms with E-state index < -0.39 is 5.97 Å². The SMILES string of the molecule is [CH2]CC(=O)O.[NaH].[NaH]. The third-order valence-electron chi connectivity index (χ3n) is 0.214. The van der Waals surface area contributed by atoms with Crippen LogP contribution < -0.4 is 0 Å². The molecule has 0 bridgehead atoms. The molecule has 0 amide bonds. The van der Waals surface area contributed by atoms with Gasteiger partial charge in [-0.3, -0.25) is 4.79 Å². The van der Waals surface area contributed by atoms with E-state index >= 15 is 0 Å². The number of carboxylic acid groups (broad SMARTS) is 1. The average molecular weight is 121 g/mol. The summed E-state index contributed by atoms with van der Waals surface area (Å²) in [6.45, 7) is 3.09. The maximum atomic E-state index is 9.31. The van der Waals surface area contributed by atoms with Crippen LogP contribution in [-0.4, -0.2) is 70.2 Å². The predicted octanol–water partition coefficient (Wildman–Crippen LogP) is -1.00. The zero-order valence-electron chi connectivity index (χ0n) is 2.77. The molecule has 33 valence electrons. The van der Waals surface area contributed by atoms with E-state index in [1.54, 1.807) is 0 Å². The summed E-state index contributed by atoms with van der Waals surface area (Å²) < 4.78 is 0. The molecule has 0 saturated heterocycles. The fourth-order valence-corrected chi connectivity index (χ4v) is 0. The number of carboxylic acids is 1. The Morgan fingerprint density at radius 1 is 1.57 bits per heavy atom. The average Bonchev–Trinajstić information content (AvgIpc) is 1.38. The fraction of sp³-hybridized carbons (Fsp3) is 0.333. The third-order valence-corrected chi connectivity index (χ3v) is 0.214. The monoisotopic (exact) mass is 121 g/mol. The van der Waals surface area contributed by atoms with Gasteiger partial charge in [-0.15, -0.1) is 0 Å². The molecule has 4 heteroatoms. The summed E-state index contributed by atoms with van der Waals surface area (Å²) in [5.74, 6) is -0.856. The Hall–Kier alpha value is 1.47. The molecule has 0 fully saturated rings. The molecule has 0 saturated carbocycles. The molecule has 1 radical (unpaired) electrons. The van der Waals surface area contributed by atoms with Gasteiger partial charge in [0.05, 0.1) is 0 Å². The topological polar surface area (TPSA) is 37.3 Å². The molecule has 0 aliphatic heterocycles. The molecular weight excluding hydrogens is 114 g/mol. The van der Waals surface area contributed by atoms with Gasteiger partial charge in [-0.2, -0.15) is 0 Å². The molecule has 1 N–H and O–H groups in total. The van der Waals surface area contributed by atoms with E-state index in [-0.39, 0.29) is 65.5 Å². The van der Waals surface area contributed by atoms with E-state index in [0.29, 0.717) is 0 Å². The van der Waals surface area contributed by atoms with Crippen LogP contribution >= 0.6 is 0 Å². The molecular formula is C3H7Na2O2. The van der Waals surface area contributed by atoms with Gasteiger partial charge in [-0.25, -0.2) is 0 Å². The summed E-state index contributed by atoms with van der Waals surface area (Å²) in [5, 5.41) is 7.66. The van der Waals surface area contributed by atoms with Gasteiger partial charge in [0.1, 0.15) is 0 Å². The fourth-order valence-electron chi connectivity index (χ4n) is 0. The van der Waals surface area contributed by atoms with Crippen LogP contribution in [0.2, 0.25) is 0 Å². The number of aliphatic carboxylic acids is 1. The Morgan fingerprint density at radius 2 is 1.71 bits per heavy atom. The van der Waals surface area contributed by atoms with Crippen LogP contribution in [-0.2, 0) is 4.79 Å². The third kappa shape index (κ3) is 18.6. The van der Waals surface area contributed by atoms with Crippen LogP contribution in [0.25, 0.3) is 0 Å². The van der Waals surface area contributed by atoms with Gasteiger partial charge in [-0.1, -0.05) is 0 Å². The van der Waals surface area contributed by atoms with Crippen molar-refractivity contribution in [2.24, 2.45) is 0 Å². The molecule has 2 nitrogen and oxygen atoms in total. The van der Waals surface area contributed by atoms with Crippen LogP contribution in [0.1, 0.15) is 6.42 Å². The van der Waals surface area contributed by atoms with Crippen LogP contribution in [0.4, 0.5) is 0 Å². The van der Waals surface area contributed by atoms with Crippen molar-refractivity contribution in [1.29, 1.82) is 0 Å². The van der Waals surface area contributed by atoms with Gasteiger partial charge in [0, 0.05) is 6.42 Å². The minimum absolute atomic E-state index is 0. The summed E-state index contributed by atoms with van der Waals surface area (Å²) in [7, 11) is 0. The quantitative estimate of drug-likeness (QED) is 0.452. The molecule has 0 atom stereocenters. The summed E-state index contributed by atoms with van der Waals surface area (Å²) >= 11 is 0. The van der Waals surface area contributed by atoms with E-state index in [9.17, 15) is 4.79 Å². The normalized spacial score (nSPS) is 5.29. The Morgan fingerprint density at radius 3 is 1.71 bits per heavy atom. The van der Waals surface area contributed by atoms with E-state index in [1.165, 1.54) is 0 Å². The Labute approximate surface area is 87.3 Å². The maximum absolute atomic E-state index is 9.31. The molecule has 0 unspecified atom stereocenters. The van der Waals surface area contributed by atoms with Gasteiger partial charge in [0.25, 0.3) is 0 Å². The van der Waals surface area contributed by atoms with Crippen molar-refractivity contribution < 1.29 is 9.90 Å². The van der Waals surface area contributed by atoms with Gasteiger partial charge in [0.15, 0.2) is 0 Å². The molecule has 0 rings (SSSR count). The van der Waals surface area contributed by atoms with Crippen LogP contribution in [0.3, 0.4) is 0 Å². The van der Waals surface area contributed by atoms with Crippen LogP contribution in [0.5, 0.6) is 0 Å². The molecule has 0 heterocycles. The summed E-state index contributed by atoms with van der Waals surface area (Å²) in [6.07, 6.45) is -0.0278. The van der Waals surface area contributed by atoms with Crippen molar-refractivity contribution >= 4 is 65.1 Å². The summed E-state index contributed by atoms with van der Waals surface area (Å²) in [4.78, 5) is 9.31. The Kier molecular flexibility index (Phi) is 23.6. The number of carbonyl (C=O) groups is 1. The number of hydrogen-bond acceptors (Lipinski definition) is 1. The van der Waals surface area contributed by atoms with Gasteiger partial charge < -0.3 is 5.11 Å². The van der Waals surface area contributed by atoms with Crippen molar-refractivity contribution in [2.75, 3.05) is 0 Å². The molecule has 0 spiro atoms. The Bertz CT molecular complexity index is 46.2. The first-order chi connectivity index (χ1) is 2.27. The first-order valence-corrected chi connectivity index (χ1v) is 1.28. The second kappa shape index (κ2) is 10.5. The minimum atomic E-state index is -0.856. The second-order valence-corrected chi connectivity index (χ2v) is 0.644. The zero-order valence-corrected chi connectivity index (χ0v) is 2.77. The summed E-state index contributed by atoms with van der Waals surface area (Å²) in [6, 6.07) is 0. The molecule has 0 aliphatic carbocycles. The van der Waals surface area contributed by atoms with E-state index in [4.69, 9.17) is 5.11 Å². The van der Waals surface area contributed by atoms with E-state index in [2.05, 4.69) is 6.92 Å². The molecule has 0 aliphatic rings. The predicted molar refractivity (Wildman–Crippen MR) is 31.9 cm³/mol. The van der Waals surface area contributed by atoms with Gasteiger partial charge >= 0.3 is 65.1 Å². The van der Waals surface area contributed by atoms with Gasteiger partial charge in [-0.05, 0) is 6.92 Å². The zero-order chi connectivity index (χ0) is 4.28. The van der Waals surface area contributed by atoms with Crippen molar-refractivity contribution in [3.05, 3.63) is 6.92 Å². The van der Waals surface area contributed by atoms with Crippen molar-refractivity contribution in [3.8, 4) is 0 Å². The van der Waals surface area contributed by atoms with Crippen molar-refractivity contribution in [1.82, 2.24) is 0 Å². The standard InChI is InChI=1S/C3H5O2.2Na.2H/c1-2-3(4)5;;;;/h1-2H2,(H,4,5);;;;.